The highest BCUT2D eigenvalue weighted by Crippen LogP contribution is 2.20. The van der Waals surface area contributed by atoms with Crippen LogP contribution in [0.15, 0.2) is 60.4 Å². The largest absolute Gasteiger partial charge is 0.463 e. The SMILES string of the molecule is COC(=O)C(=Cc1ccccc1)Oc1ccc([N+](=O)[O-])cc1. The molecule has 0 aliphatic rings. The molecule has 2 aromatic rings. The molecule has 6 nitrogen and oxygen atoms in total. The second-order valence-electron chi connectivity index (χ2n) is 4.26. The molecular formula is C16H13NO5. The van der Waals surface area contributed by atoms with Gasteiger partial charge in [0.1, 0.15) is 5.75 Å². The minimum atomic E-state index is -0.637. The van der Waals surface area contributed by atoms with Crippen LogP contribution in [0.2, 0.25) is 0 Å². The summed E-state index contributed by atoms with van der Waals surface area (Å²) in [6.07, 6.45) is 1.53. The van der Waals surface area contributed by atoms with Gasteiger partial charge in [-0.25, -0.2) is 4.79 Å². The summed E-state index contributed by atoms with van der Waals surface area (Å²) in [5.74, 6) is -0.344. The second-order valence-corrected chi connectivity index (χ2v) is 4.26. The van der Waals surface area contributed by atoms with Crippen molar-refractivity contribution in [1.29, 1.82) is 0 Å². The van der Waals surface area contributed by atoms with Crippen molar-refractivity contribution in [2.45, 2.75) is 0 Å². The number of ether oxygens (including phenoxy) is 2. The van der Waals surface area contributed by atoms with Crippen LogP contribution < -0.4 is 4.74 Å². The van der Waals surface area contributed by atoms with Gasteiger partial charge in [-0.1, -0.05) is 30.3 Å². The van der Waals surface area contributed by atoms with Crippen LogP contribution in [0.5, 0.6) is 5.75 Å². The maximum atomic E-state index is 11.8. The van der Waals surface area contributed by atoms with Gasteiger partial charge in [-0.2, -0.15) is 0 Å². The number of carbonyl (C=O) groups is 1. The molecule has 112 valence electrons. The van der Waals surface area contributed by atoms with Crippen molar-refractivity contribution in [1.82, 2.24) is 0 Å². The summed E-state index contributed by atoms with van der Waals surface area (Å²) in [7, 11) is 1.25. The van der Waals surface area contributed by atoms with E-state index >= 15 is 0 Å². The smallest absolute Gasteiger partial charge is 0.373 e. The molecule has 0 atom stereocenters. The molecule has 0 saturated heterocycles. The van der Waals surface area contributed by atoms with Crippen LogP contribution in [-0.2, 0) is 9.53 Å². The molecule has 0 N–H and O–H groups in total. The van der Waals surface area contributed by atoms with Gasteiger partial charge in [-0.05, 0) is 23.8 Å². The Bertz CT molecular complexity index is 692. The lowest BCUT2D eigenvalue weighted by Crippen LogP contribution is -2.10. The number of benzene rings is 2. The zero-order chi connectivity index (χ0) is 15.9. The highest BCUT2D eigenvalue weighted by Gasteiger charge is 2.13. The number of nitrogens with zero attached hydrogens (tertiary/aromatic N) is 1. The van der Waals surface area contributed by atoms with E-state index in [2.05, 4.69) is 4.74 Å². The quantitative estimate of drug-likeness (QED) is 0.278. The fraction of sp³-hybridized carbons (Fsp3) is 0.0625. The van der Waals surface area contributed by atoms with E-state index in [4.69, 9.17) is 4.74 Å². The van der Waals surface area contributed by atoms with E-state index in [1.54, 1.807) is 0 Å². The zero-order valence-electron chi connectivity index (χ0n) is 11.8. The lowest BCUT2D eigenvalue weighted by molar-refractivity contribution is -0.384. The Balaban J connectivity index is 2.25. The highest BCUT2D eigenvalue weighted by molar-refractivity contribution is 5.91. The van der Waals surface area contributed by atoms with Gasteiger partial charge in [0.05, 0.1) is 12.0 Å². The van der Waals surface area contributed by atoms with Crippen LogP contribution in [0.4, 0.5) is 5.69 Å². The normalized spacial score (nSPS) is 10.9. The van der Waals surface area contributed by atoms with E-state index in [0.29, 0.717) is 5.75 Å². The molecule has 2 rings (SSSR count). The van der Waals surface area contributed by atoms with Gasteiger partial charge in [0.15, 0.2) is 0 Å². The first-order chi connectivity index (χ1) is 10.6. The average Bonchev–Trinajstić information content (AvgIpc) is 2.55. The van der Waals surface area contributed by atoms with Crippen molar-refractivity contribution < 1.29 is 19.2 Å². The Labute approximate surface area is 126 Å². The summed E-state index contributed by atoms with van der Waals surface area (Å²) < 4.78 is 10.1. The third kappa shape index (κ3) is 3.92. The van der Waals surface area contributed by atoms with Gasteiger partial charge >= 0.3 is 5.97 Å². The number of hydrogen-bond acceptors (Lipinski definition) is 5. The van der Waals surface area contributed by atoms with E-state index in [9.17, 15) is 14.9 Å². The van der Waals surface area contributed by atoms with Crippen LogP contribution in [-0.4, -0.2) is 18.0 Å². The van der Waals surface area contributed by atoms with Crippen LogP contribution in [0.25, 0.3) is 6.08 Å². The standard InChI is InChI=1S/C16H13NO5/c1-21-16(18)15(11-12-5-3-2-4-6-12)22-14-9-7-13(8-10-14)17(19)20/h2-11H,1H3. The van der Waals surface area contributed by atoms with Gasteiger partial charge in [0, 0.05) is 12.1 Å². The van der Waals surface area contributed by atoms with Crippen molar-refractivity contribution in [3.63, 3.8) is 0 Å². The predicted octanol–water partition coefficient (Wildman–Crippen LogP) is 3.19. The van der Waals surface area contributed by atoms with Crippen molar-refractivity contribution in [3.8, 4) is 5.75 Å². The van der Waals surface area contributed by atoms with Crippen LogP contribution in [0.3, 0.4) is 0 Å². The first kappa shape index (κ1) is 15.2. The lowest BCUT2D eigenvalue weighted by atomic mass is 10.2. The minimum Gasteiger partial charge on any atom is -0.463 e. The van der Waals surface area contributed by atoms with Crippen molar-refractivity contribution in [2.75, 3.05) is 7.11 Å². The number of nitro groups is 1. The Morgan fingerprint density at radius 2 is 1.73 bits per heavy atom. The third-order valence-electron chi connectivity index (χ3n) is 2.76. The molecule has 0 heterocycles. The van der Waals surface area contributed by atoms with Crippen molar-refractivity contribution in [2.24, 2.45) is 0 Å². The molecule has 0 aliphatic heterocycles. The molecule has 0 aromatic heterocycles. The topological polar surface area (TPSA) is 78.7 Å². The summed E-state index contributed by atoms with van der Waals surface area (Å²) in [5.41, 5.74) is 0.712. The maximum Gasteiger partial charge on any atom is 0.373 e. The Morgan fingerprint density at radius 3 is 2.27 bits per heavy atom. The molecule has 6 heteroatoms. The van der Waals surface area contributed by atoms with E-state index in [-0.39, 0.29) is 11.4 Å². The number of carbonyl (C=O) groups excluding carboxylic acids is 1. The van der Waals surface area contributed by atoms with E-state index in [1.165, 1.54) is 37.5 Å². The highest BCUT2D eigenvalue weighted by atomic mass is 16.6. The van der Waals surface area contributed by atoms with Gasteiger partial charge in [-0.15, -0.1) is 0 Å². The molecule has 0 radical (unpaired) electrons. The predicted molar refractivity (Wildman–Crippen MR) is 80.2 cm³/mol. The van der Waals surface area contributed by atoms with Gasteiger partial charge in [0.25, 0.3) is 5.69 Å². The van der Waals surface area contributed by atoms with Crippen LogP contribution in [0.1, 0.15) is 5.56 Å². The number of methoxy groups -OCH3 is 1. The fourth-order valence-corrected chi connectivity index (χ4v) is 1.69. The molecule has 0 amide bonds. The van der Waals surface area contributed by atoms with E-state index in [0.717, 1.165) is 5.56 Å². The monoisotopic (exact) mass is 299 g/mol. The molecule has 0 spiro atoms. The summed E-state index contributed by atoms with van der Waals surface area (Å²) in [6.45, 7) is 0. The second kappa shape index (κ2) is 7.03. The molecule has 0 aliphatic carbocycles. The average molecular weight is 299 g/mol. The Morgan fingerprint density at radius 1 is 1.09 bits per heavy atom. The molecular weight excluding hydrogens is 286 g/mol. The van der Waals surface area contributed by atoms with E-state index in [1.807, 2.05) is 30.3 Å². The van der Waals surface area contributed by atoms with Crippen LogP contribution in [0, 0.1) is 10.1 Å². The number of non-ortho nitro benzene ring substituents is 1. The third-order valence-corrected chi connectivity index (χ3v) is 2.76. The molecule has 0 unspecified atom stereocenters. The Hall–Kier alpha value is -3.15. The molecule has 0 bridgehead atoms. The number of rotatable bonds is 5. The molecule has 0 fully saturated rings. The summed E-state index contributed by atoms with van der Waals surface area (Å²) >= 11 is 0. The lowest BCUT2D eigenvalue weighted by Gasteiger charge is -2.08. The van der Waals surface area contributed by atoms with Gasteiger partial charge in [0.2, 0.25) is 5.76 Å². The summed E-state index contributed by atoms with van der Waals surface area (Å²) in [4.78, 5) is 21.9. The minimum absolute atomic E-state index is 0.0115. The van der Waals surface area contributed by atoms with Crippen molar-refractivity contribution in [3.05, 3.63) is 76.0 Å². The molecule has 0 saturated carbocycles. The molecule has 22 heavy (non-hydrogen) atoms. The number of hydrogen-bond donors (Lipinski definition) is 0. The Kier molecular flexibility index (Phi) is 4.87. The van der Waals surface area contributed by atoms with Gasteiger partial charge < -0.3 is 9.47 Å². The number of nitro benzene ring substituents is 1. The van der Waals surface area contributed by atoms with Gasteiger partial charge in [-0.3, -0.25) is 10.1 Å². The maximum absolute atomic E-state index is 11.8. The number of esters is 1. The summed E-state index contributed by atoms with van der Waals surface area (Å²) in [5, 5.41) is 10.6. The first-order valence-electron chi connectivity index (χ1n) is 6.37. The van der Waals surface area contributed by atoms with E-state index < -0.39 is 10.9 Å². The van der Waals surface area contributed by atoms with Crippen LogP contribution >= 0.6 is 0 Å². The van der Waals surface area contributed by atoms with Crippen molar-refractivity contribution >= 4 is 17.7 Å². The first-order valence-corrected chi connectivity index (χ1v) is 6.37. The zero-order valence-corrected chi connectivity index (χ0v) is 11.8. The summed E-state index contributed by atoms with van der Waals surface area (Å²) in [6, 6.07) is 14.6. The fourth-order valence-electron chi connectivity index (χ4n) is 1.69. The molecule has 2 aromatic carbocycles.